The van der Waals surface area contributed by atoms with Gasteiger partial charge >= 0.3 is 0 Å². The van der Waals surface area contributed by atoms with E-state index >= 15 is 0 Å². The van der Waals surface area contributed by atoms with Crippen LogP contribution in [0.5, 0.6) is 0 Å². The smallest absolute Gasteiger partial charge is 0.253 e. The fourth-order valence-electron chi connectivity index (χ4n) is 1.50. The molecule has 1 amide bonds. The van der Waals surface area contributed by atoms with Gasteiger partial charge in [-0.05, 0) is 38.5 Å². The summed E-state index contributed by atoms with van der Waals surface area (Å²) in [6.07, 6.45) is 0.990. The Balaban J connectivity index is 2.99. The van der Waals surface area contributed by atoms with E-state index < -0.39 is 0 Å². The summed E-state index contributed by atoms with van der Waals surface area (Å²) in [7, 11) is 0. The van der Waals surface area contributed by atoms with E-state index in [4.69, 9.17) is 5.73 Å². The van der Waals surface area contributed by atoms with Crippen molar-refractivity contribution in [2.24, 2.45) is 0 Å². The van der Waals surface area contributed by atoms with Crippen LogP contribution in [-0.2, 0) is 0 Å². The summed E-state index contributed by atoms with van der Waals surface area (Å²) in [4.78, 5) is 11.9. The Bertz CT molecular complexity index is 390. The first-order chi connectivity index (χ1) is 8.08. The summed E-state index contributed by atoms with van der Waals surface area (Å²) in [6.45, 7) is 6.68. The lowest BCUT2D eigenvalue weighted by Gasteiger charge is -2.17. The molecule has 1 rings (SSSR count). The maximum Gasteiger partial charge on any atom is 0.253 e. The molecule has 0 aliphatic rings. The second-order valence-corrected chi connectivity index (χ2v) is 4.12. The number of carbonyl (C=O) groups excluding carboxylic acids is 1. The highest BCUT2D eigenvalue weighted by molar-refractivity contribution is 6.00. The molecule has 1 aromatic rings. The van der Waals surface area contributed by atoms with Gasteiger partial charge in [-0.25, -0.2) is 0 Å². The molecule has 1 atom stereocenters. The van der Waals surface area contributed by atoms with Crippen LogP contribution in [0.4, 0.5) is 11.4 Å². The summed E-state index contributed by atoms with van der Waals surface area (Å²) in [5.41, 5.74) is 7.84. The highest BCUT2D eigenvalue weighted by atomic mass is 16.1. The third-order valence-electron chi connectivity index (χ3n) is 2.64. The molecule has 0 aliphatic heterocycles. The van der Waals surface area contributed by atoms with Gasteiger partial charge in [0.05, 0.1) is 5.56 Å². The van der Waals surface area contributed by atoms with Crippen LogP contribution in [0.3, 0.4) is 0 Å². The zero-order valence-corrected chi connectivity index (χ0v) is 10.7. The number of hydrogen-bond acceptors (Lipinski definition) is 3. The van der Waals surface area contributed by atoms with E-state index in [1.165, 1.54) is 0 Å². The van der Waals surface area contributed by atoms with E-state index in [9.17, 15) is 4.79 Å². The van der Waals surface area contributed by atoms with E-state index in [0.717, 1.165) is 12.1 Å². The minimum Gasteiger partial charge on any atom is -0.399 e. The van der Waals surface area contributed by atoms with Crippen LogP contribution in [-0.4, -0.2) is 18.5 Å². The molecular weight excluding hydrogens is 214 g/mol. The summed E-state index contributed by atoms with van der Waals surface area (Å²) >= 11 is 0. The van der Waals surface area contributed by atoms with Crippen molar-refractivity contribution in [3.8, 4) is 0 Å². The lowest BCUT2D eigenvalue weighted by atomic mass is 10.1. The highest BCUT2D eigenvalue weighted by Gasteiger charge is 2.12. The van der Waals surface area contributed by atoms with Gasteiger partial charge in [0.1, 0.15) is 0 Å². The second-order valence-electron chi connectivity index (χ2n) is 4.12. The zero-order chi connectivity index (χ0) is 12.8. The molecule has 4 nitrogen and oxygen atoms in total. The summed E-state index contributed by atoms with van der Waals surface area (Å²) < 4.78 is 0. The van der Waals surface area contributed by atoms with E-state index in [2.05, 4.69) is 24.5 Å². The number of hydrogen-bond donors (Lipinski definition) is 3. The number of amides is 1. The third kappa shape index (κ3) is 3.66. The number of nitrogens with one attached hydrogen (secondary N) is 2. The molecule has 0 saturated carbocycles. The molecule has 94 valence electrons. The van der Waals surface area contributed by atoms with Crippen molar-refractivity contribution in [2.45, 2.75) is 33.2 Å². The number of nitrogens with two attached hydrogens (primary N) is 1. The van der Waals surface area contributed by atoms with Crippen molar-refractivity contribution >= 4 is 17.3 Å². The summed E-state index contributed by atoms with van der Waals surface area (Å²) in [6, 6.07) is 5.61. The number of anilines is 2. The predicted octanol–water partition coefficient (Wildman–Crippen LogP) is 2.23. The minimum absolute atomic E-state index is 0.0710. The van der Waals surface area contributed by atoms with Crippen LogP contribution in [0.2, 0.25) is 0 Å². The van der Waals surface area contributed by atoms with E-state index in [-0.39, 0.29) is 5.91 Å². The van der Waals surface area contributed by atoms with Gasteiger partial charge in [0.2, 0.25) is 0 Å². The van der Waals surface area contributed by atoms with Gasteiger partial charge in [-0.15, -0.1) is 0 Å². The van der Waals surface area contributed by atoms with E-state index in [1.807, 2.05) is 6.92 Å². The Labute approximate surface area is 103 Å². The maximum absolute atomic E-state index is 11.9. The van der Waals surface area contributed by atoms with Crippen LogP contribution >= 0.6 is 0 Å². The largest absolute Gasteiger partial charge is 0.399 e. The first-order valence-corrected chi connectivity index (χ1v) is 6.02. The SMILES string of the molecule is CCNC(=O)c1ccc(N)cc1NC(C)CC. The standard InChI is InChI=1S/C13H21N3O/c1-4-9(3)16-12-8-10(14)6-7-11(12)13(17)15-5-2/h6-9,16H,4-5,14H2,1-3H3,(H,15,17). The molecule has 0 aliphatic carbocycles. The maximum atomic E-state index is 11.9. The lowest BCUT2D eigenvalue weighted by Crippen LogP contribution is -2.25. The Morgan fingerprint density at radius 1 is 1.41 bits per heavy atom. The summed E-state index contributed by atoms with van der Waals surface area (Å²) in [5.74, 6) is -0.0710. The van der Waals surface area contributed by atoms with Crippen molar-refractivity contribution in [1.29, 1.82) is 0 Å². The molecule has 0 spiro atoms. The number of nitrogen functional groups attached to an aromatic ring is 1. The first kappa shape index (κ1) is 13.4. The quantitative estimate of drug-likeness (QED) is 0.686. The van der Waals surface area contributed by atoms with Crippen LogP contribution in [0.1, 0.15) is 37.6 Å². The molecule has 0 aromatic heterocycles. The Morgan fingerprint density at radius 2 is 2.12 bits per heavy atom. The Morgan fingerprint density at radius 3 is 2.71 bits per heavy atom. The van der Waals surface area contributed by atoms with Gasteiger partial charge in [0.15, 0.2) is 0 Å². The predicted molar refractivity (Wildman–Crippen MR) is 72.2 cm³/mol. The van der Waals surface area contributed by atoms with Crippen LogP contribution in [0.15, 0.2) is 18.2 Å². The van der Waals surface area contributed by atoms with Crippen LogP contribution < -0.4 is 16.4 Å². The Hall–Kier alpha value is -1.71. The molecule has 4 N–H and O–H groups in total. The average molecular weight is 235 g/mol. The number of benzene rings is 1. The van der Waals surface area contributed by atoms with Crippen molar-refractivity contribution in [1.82, 2.24) is 5.32 Å². The lowest BCUT2D eigenvalue weighted by molar-refractivity contribution is 0.0956. The molecule has 0 fully saturated rings. The van der Waals surface area contributed by atoms with Crippen molar-refractivity contribution in [3.63, 3.8) is 0 Å². The second kappa shape index (κ2) is 6.13. The summed E-state index contributed by atoms with van der Waals surface area (Å²) in [5, 5.41) is 6.09. The Kier molecular flexibility index (Phi) is 4.82. The molecule has 0 saturated heterocycles. The monoisotopic (exact) mass is 235 g/mol. The van der Waals surface area contributed by atoms with Crippen molar-refractivity contribution < 1.29 is 4.79 Å². The van der Waals surface area contributed by atoms with Crippen LogP contribution in [0, 0.1) is 0 Å². The van der Waals surface area contributed by atoms with Crippen molar-refractivity contribution in [3.05, 3.63) is 23.8 Å². The number of rotatable bonds is 5. The van der Waals surface area contributed by atoms with Gasteiger partial charge in [0, 0.05) is 24.0 Å². The first-order valence-electron chi connectivity index (χ1n) is 6.02. The van der Waals surface area contributed by atoms with E-state index in [0.29, 0.717) is 23.8 Å². The molecule has 1 unspecified atom stereocenters. The van der Waals surface area contributed by atoms with Gasteiger partial charge in [0.25, 0.3) is 5.91 Å². The van der Waals surface area contributed by atoms with Crippen molar-refractivity contribution in [2.75, 3.05) is 17.6 Å². The molecule has 0 bridgehead atoms. The normalized spacial score (nSPS) is 11.9. The number of carbonyl (C=O) groups is 1. The minimum atomic E-state index is -0.0710. The van der Waals surface area contributed by atoms with Crippen LogP contribution in [0.25, 0.3) is 0 Å². The average Bonchev–Trinajstić information content (AvgIpc) is 2.29. The molecule has 0 heterocycles. The van der Waals surface area contributed by atoms with Gasteiger partial charge in [-0.2, -0.15) is 0 Å². The van der Waals surface area contributed by atoms with Gasteiger partial charge < -0.3 is 16.4 Å². The van der Waals surface area contributed by atoms with E-state index in [1.54, 1.807) is 18.2 Å². The fourth-order valence-corrected chi connectivity index (χ4v) is 1.50. The fraction of sp³-hybridized carbons (Fsp3) is 0.462. The molecule has 17 heavy (non-hydrogen) atoms. The molecule has 1 aromatic carbocycles. The molecular formula is C13H21N3O. The molecule has 4 heteroatoms. The zero-order valence-electron chi connectivity index (χ0n) is 10.7. The highest BCUT2D eigenvalue weighted by Crippen LogP contribution is 2.20. The topological polar surface area (TPSA) is 67.2 Å². The molecule has 0 radical (unpaired) electrons. The van der Waals surface area contributed by atoms with Gasteiger partial charge in [-0.3, -0.25) is 4.79 Å². The third-order valence-corrected chi connectivity index (χ3v) is 2.64. The van der Waals surface area contributed by atoms with Gasteiger partial charge in [-0.1, -0.05) is 6.92 Å².